The van der Waals surface area contributed by atoms with E-state index in [1.165, 1.54) is 0 Å². The molecule has 0 aromatic heterocycles. The molecule has 3 N–H and O–H groups in total. The second-order valence-electron chi connectivity index (χ2n) is 3.66. The van der Waals surface area contributed by atoms with Gasteiger partial charge < -0.3 is 5.73 Å². The van der Waals surface area contributed by atoms with E-state index in [1.54, 1.807) is 0 Å². The molecule has 0 bridgehead atoms. The Hall–Kier alpha value is -0.560. The molecule has 0 aliphatic rings. The number of anilines is 1. The normalized spacial score (nSPS) is 11.6. The maximum atomic E-state index is 12.9. The van der Waals surface area contributed by atoms with Gasteiger partial charge >= 0.3 is 0 Å². The molecule has 18 heavy (non-hydrogen) atoms. The SMILES string of the molecule is NCCCCS(=O)(=O)Nc1c(Cl)cc(F)cc1Cl. The number of hydrogen-bond acceptors (Lipinski definition) is 3. The Kier molecular flexibility index (Phi) is 5.65. The lowest BCUT2D eigenvalue weighted by Crippen LogP contribution is -2.18. The van der Waals surface area contributed by atoms with Gasteiger partial charge in [-0.05, 0) is 31.5 Å². The molecule has 0 fully saturated rings. The third kappa shape index (κ3) is 4.61. The summed E-state index contributed by atoms with van der Waals surface area (Å²) in [6.45, 7) is 0.424. The van der Waals surface area contributed by atoms with Gasteiger partial charge in [-0.3, -0.25) is 4.72 Å². The Bertz CT molecular complexity index is 500. The highest BCUT2D eigenvalue weighted by atomic mass is 35.5. The van der Waals surface area contributed by atoms with E-state index in [-0.39, 0.29) is 21.5 Å². The van der Waals surface area contributed by atoms with Crippen molar-refractivity contribution in [2.45, 2.75) is 12.8 Å². The van der Waals surface area contributed by atoms with Crippen LogP contribution in [0.5, 0.6) is 0 Å². The van der Waals surface area contributed by atoms with Gasteiger partial charge in [-0.15, -0.1) is 0 Å². The minimum Gasteiger partial charge on any atom is -0.330 e. The smallest absolute Gasteiger partial charge is 0.232 e. The molecule has 0 saturated carbocycles. The summed E-state index contributed by atoms with van der Waals surface area (Å²) in [5.41, 5.74) is 5.27. The maximum Gasteiger partial charge on any atom is 0.232 e. The first kappa shape index (κ1) is 15.5. The Balaban J connectivity index is 2.84. The molecule has 8 heteroatoms. The van der Waals surface area contributed by atoms with Gasteiger partial charge in [-0.2, -0.15) is 0 Å². The first-order chi connectivity index (χ1) is 8.35. The lowest BCUT2D eigenvalue weighted by molar-refractivity contribution is 0.597. The van der Waals surface area contributed by atoms with Crippen LogP contribution in [0.1, 0.15) is 12.8 Å². The van der Waals surface area contributed by atoms with E-state index in [4.69, 9.17) is 28.9 Å². The average molecular weight is 315 g/mol. The number of hydrogen-bond donors (Lipinski definition) is 2. The predicted octanol–water partition coefficient (Wildman–Crippen LogP) is 2.61. The fourth-order valence-corrected chi connectivity index (χ4v) is 3.17. The summed E-state index contributed by atoms with van der Waals surface area (Å²) < 4.78 is 38.6. The van der Waals surface area contributed by atoms with Gasteiger partial charge in [0.15, 0.2) is 0 Å². The maximum absolute atomic E-state index is 12.9. The van der Waals surface area contributed by atoms with E-state index in [9.17, 15) is 12.8 Å². The van der Waals surface area contributed by atoms with Crippen LogP contribution >= 0.6 is 23.2 Å². The zero-order valence-electron chi connectivity index (χ0n) is 9.42. The van der Waals surface area contributed by atoms with E-state index in [2.05, 4.69) is 4.72 Å². The molecule has 1 aromatic carbocycles. The first-order valence-electron chi connectivity index (χ1n) is 5.21. The zero-order valence-corrected chi connectivity index (χ0v) is 11.7. The number of benzene rings is 1. The zero-order chi connectivity index (χ0) is 13.8. The number of rotatable bonds is 6. The van der Waals surface area contributed by atoms with E-state index in [1.807, 2.05) is 0 Å². The summed E-state index contributed by atoms with van der Waals surface area (Å²) in [5, 5.41) is -0.162. The molecule has 0 radical (unpaired) electrons. The van der Waals surface area contributed by atoms with E-state index in [0.29, 0.717) is 19.4 Å². The second-order valence-corrected chi connectivity index (χ2v) is 6.32. The van der Waals surface area contributed by atoms with E-state index in [0.717, 1.165) is 12.1 Å². The van der Waals surface area contributed by atoms with E-state index >= 15 is 0 Å². The van der Waals surface area contributed by atoms with Crippen LogP contribution in [0.15, 0.2) is 12.1 Å². The van der Waals surface area contributed by atoms with Gasteiger partial charge in [0.1, 0.15) is 5.82 Å². The quantitative estimate of drug-likeness (QED) is 0.793. The predicted molar refractivity (Wildman–Crippen MR) is 72.1 cm³/mol. The standard InChI is InChI=1S/C10H13Cl2FN2O2S/c11-8-5-7(13)6-9(12)10(8)15-18(16,17)4-2-1-3-14/h5-6,15H,1-4,14H2. The highest BCUT2D eigenvalue weighted by Crippen LogP contribution is 2.32. The summed E-state index contributed by atoms with van der Waals surface area (Å²) in [7, 11) is -3.56. The van der Waals surface area contributed by atoms with Crippen molar-refractivity contribution in [2.24, 2.45) is 5.73 Å². The van der Waals surface area contributed by atoms with Crippen molar-refractivity contribution in [1.82, 2.24) is 0 Å². The van der Waals surface area contributed by atoms with Crippen molar-refractivity contribution in [3.8, 4) is 0 Å². The molecule has 0 atom stereocenters. The van der Waals surface area contributed by atoms with Gasteiger partial charge in [-0.1, -0.05) is 23.2 Å². The van der Waals surface area contributed by atoms with Gasteiger partial charge in [-0.25, -0.2) is 12.8 Å². The molecule has 0 saturated heterocycles. The average Bonchev–Trinajstić information content (AvgIpc) is 2.23. The van der Waals surface area contributed by atoms with Crippen LogP contribution in [-0.4, -0.2) is 20.7 Å². The topological polar surface area (TPSA) is 72.2 Å². The summed E-state index contributed by atoms with van der Waals surface area (Å²) >= 11 is 11.5. The molecule has 0 heterocycles. The Morgan fingerprint density at radius 2 is 1.78 bits per heavy atom. The van der Waals surface area contributed by atoms with Crippen molar-refractivity contribution in [3.05, 3.63) is 28.0 Å². The second kappa shape index (κ2) is 6.56. The molecule has 0 amide bonds. The van der Waals surface area contributed by atoms with Crippen molar-refractivity contribution in [1.29, 1.82) is 0 Å². The van der Waals surface area contributed by atoms with Gasteiger partial charge in [0, 0.05) is 0 Å². The molecule has 1 aromatic rings. The van der Waals surface area contributed by atoms with Crippen molar-refractivity contribution in [2.75, 3.05) is 17.0 Å². The minimum atomic E-state index is -3.56. The van der Waals surface area contributed by atoms with Crippen LogP contribution in [0, 0.1) is 5.82 Å². The number of halogens is 3. The highest BCUT2D eigenvalue weighted by Gasteiger charge is 2.15. The largest absolute Gasteiger partial charge is 0.330 e. The molecular formula is C10H13Cl2FN2O2S. The van der Waals surface area contributed by atoms with Crippen LogP contribution in [0.3, 0.4) is 0 Å². The molecule has 4 nitrogen and oxygen atoms in total. The Labute approximate surface area is 115 Å². The van der Waals surface area contributed by atoms with E-state index < -0.39 is 15.8 Å². The summed E-state index contributed by atoms with van der Waals surface area (Å²) in [6, 6.07) is 1.98. The number of sulfonamides is 1. The fourth-order valence-electron chi connectivity index (χ4n) is 1.28. The molecule has 1 rings (SSSR count). The molecule has 102 valence electrons. The summed E-state index contributed by atoms with van der Waals surface area (Å²) in [5.74, 6) is -0.718. The molecule has 0 aliphatic heterocycles. The van der Waals surface area contributed by atoms with Gasteiger partial charge in [0.05, 0.1) is 21.5 Å². The van der Waals surface area contributed by atoms with Gasteiger partial charge in [0.2, 0.25) is 10.0 Å². The number of nitrogens with two attached hydrogens (primary N) is 1. The van der Waals surface area contributed by atoms with Crippen LogP contribution in [0.25, 0.3) is 0 Å². The first-order valence-corrected chi connectivity index (χ1v) is 7.61. The summed E-state index contributed by atoms with van der Waals surface area (Å²) in [4.78, 5) is 0. The monoisotopic (exact) mass is 314 g/mol. The Morgan fingerprint density at radius 3 is 2.28 bits per heavy atom. The molecule has 0 aliphatic carbocycles. The van der Waals surface area contributed by atoms with Crippen LogP contribution in [0.2, 0.25) is 10.0 Å². The molecule has 0 unspecified atom stereocenters. The Morgan fingerprint density at radius 1 is 1.22 bits per heavy atom. The van der Waals surface area contributed by atoms with Crippen LogP contribution in [-0.2, 0) is 10.0 Å². The van der Waals surface area contributed by atoms with Gasteiger partial charge in [0.25, 0.3) is 0 Å². The molecular weight excluding hydrogens is 302 g/mol. The minimum absolute atomic E-state index is 0.00696. The van der Waals surface area contributed by atoms with Crippen LogP contribution < -0.4 is 10.5 Å². The lowest BCUT2D eigenvalue weighted by Gasteiger charge is -2.11. The lowest BCUT2D eigenvalue weighted by atomic mass is 10.3. The number of nitrogens with one attached hydrogen (secondary N) is 1. The van der Waals surface area contributed by atoms with Crippen molar-refractivity contribution in [3.63, 3.8) is 0 Å². The third-order valence-corrected chi connectivity index (χ3v) is 4.07. The third-order valence-electron chi connectivity index (χ3n) is 2.13. The van der Waals surface area contributed by atoms with Crippen molar-refractivity contribution >= 4 is 38.9 Å². The number of unbranched alkanes of at least 4 members (excludes halogenated alkanes) is 1. The highest BCUT2D eigenvalue weighted by molar-refractivity contribution is 7.92. The summed E-state index contributed by atoms with van der Waals surface area (Å²) in [6.07, 6.45) is 1.04. The molecule has 0 spiro atoms. The van der Waals surface area contributed by atoms with Crippen molar-refractivity contribution < 1.29 is 12.8 Å². The van der Waals surface area contributed by atoms with Crippen LogP contribution in [0.4, 0.5) is 10.1 Å². The fraction of sp³-hybridized carbons (Fsp3) is 0.400.